The van der Waals surface area contributed by atoms with E-state index in [1.807, 2.05) is 0 Å². The van der Waals surface area contributed by atoms with E-state index in [4.69, 9.17) is 4.74 Å². The third-order valence-electron chi connectivity index (χ3n) is 2.53. The molecular weight excluding hydrogens is 292 g/mol. The second-order valence-electron chi connectivity index (χ2n) is 3.75. The highest BCUT2D eigenvalue weighted by atomic mass is 79.9. The van der Waals surface area contributed by atoms with Gasteiger partial charge < -0.3 is 15.2 Å². The molecule has 0 radical (unpaired) electrons. The van der Waals surface area contributed by atoms with Crippen LogP contribution in [-0.2, 0) is 0 Å². The molecule has 1 aromatic rings. The molecule has 92 valence electrons. The maximum atomic E-state index is 10.6. The van der Waals surface area contributed by atoms with E-state index in [0.29, 0.717) is 23.3 Å². The van der Waals surface area contributed by atoms with Gasteiger partial charge in [0.05, 0.1) is 15.5 Å². The molecule has 2 N–H and O–H groups in total. The molecule has 0 aliphatic carbocycles. The number of hydrogen-bond donors (Lipinski definition) is 2. The summed E-state index contributed by atoms with van der Waals surface area (Å²) in [4.78, 5) is 10.2. The number of aliphatic hydroxyl groups excluding tert-OH is 1. The van der Waals surface area contributed by atoms with Crippen molar-refractivity contribution in [3.63, 3.8) is 0 Å². The number of nitro benzene ring substituents is 1. The number of rotatable bonds is 3. The Labute approximate surface area is 106 Å². The molecule has 2 atom stereocenters. The average Bonchev–Trinajstić information content (AvgIpc) is 2.67. The highest BCUT2D eigenvalue weighted by molar-refractivity contribution is 9.10. The maximum absolute atomic E-state index is 10.6. The molecule has 1 fully saturated rings. The summed E-state index contributed by atoms with van der Waals surface area (Å²) in [5, 5.41) is 23.2. The van der Waals surface area contributed by atoms with Crippen LogP contribution in [0.2, 0.25) is 0 Å². The third kappa shape index (κ3) is 2.74. The van der Waals surface area contributed by atoms with Crippen molar-refractivity contribution in [1.29, 1.82) is 0 Å². The van der Waals surface area contributed by atoms with Crippen LogP contribution in [-0.4, -0.2) is 35.3 Å². The van der Waals surface area contributed by atoms with E-state index < -0.39 is 11.0 Å². The van der Waals surface area contributed by atoms with Crippen molar-refractivity contribution in [3.8, 4) is 5.75 Å². The Morgan fingerprint density at radius 2 is 2.29 bits per heavy atom. The molecule has 2 unspecified atom stereocenters. The topological polar surface area (TPSA) is 84.6 Å². The minimum absolute atomic E-state index is 0.0383. The largest absolute Gasteiger partial charge is 0.485 e. The summed E-state index contributed by atoms with van der Waals surface area (Å²) in [7, 11) is 0. The molecular formula is C10H11BrN2O4. The lowest BCUT2D eigenvalue weighted by Crippen LogP contribution is -2.29. The van der Waals surface area contributed by atoms with Crippen LogP contribution in [0.1, 0.15) is 0 Å². The molecule has 6 nitrogen and oxygen atoms in total. The van der Waals surface area contributed by atoms with Crippen LogP contribution in [0.5, 0.6) is 5.75 Å². The first-order valence-electron chi connectivity index (χ1n) is 5.07. The van der Waals surface area contributed by atoms with Gasteiger partial charge in [0.2, 0.25) is 0 Å². The van der Waals surface area contributed by atoms with Crippen LogP contribution in [0.3, 0.4) is 0 Å². The number of halogens is 1. The monoisotopic (exact) mass is 302 g/mol. The molecule has 0 spiro atoms. The van der Waals surface area contributed by atoms with E-state index in [1.165, 1.54) is 12.1 Å². The zero-order valence-corrected chi connectivity index (χ0v) is 10.4. The van der Waals surface area contributed by atoms with Crippen LogP contribution >= 0.6 is 15.9 Å². The minimum Gasteiger partial charge on any atom is -0.485 e. The van der Waals surface area contributed by atoms with Crippen molar-refractivity contribution in [2.45, 2.75) is 12.2 Å². The van der Waals surface area contributed by atoms with Crippen LogP contribution < -0.4 is 10.1 Å². The molecule has 1 saturated heterocycles. The van der Waals surface area contributed by atoms with Gasteiger partial charge in [-0.05, 0) is 22.0 Å². The SMILES string of the molecule is O=[N+]([O-])c1ccc(Br)c(OC2CNCC2O)c1. The van der Waals surface area contributed by atoms with Crippen LogP contribution in [0.4, 0.5) is 5.69 Å². The summed E-state index contributed by atoms with van der Waals surface area (Å²) in [6.07, 6.45) is -0.977. The summed E-state index contributed by atoms with van der Waals surface area (Å²) in [6, 6.07) is 4.29. The first-order chi connectivity index (χ1) is 8.08. The van der Waals surface area contributed by atoms with Crippen LogP contribution in [0.25, 0.3) is 0 Å². The molecule has 0 amide bonds. The summed E-state index contributed by atoms with van der Waals surface area (Å²) in [6.45, 7) is 0.994. The van der Waals surface area contributed by atoms with Gasteiger partial charge in [-0.3, -0.25) is 10.1 Å². The lowest BCUT2D eigenvalue weighted by Gasteiger charge is -2.16. The Kier molecular flexibility index (Phi) is 3.60. The number of ether oxygens (including phenoxy) is 1. The van der Waals surface area contributed by atoms with Gasteiger partial charge in [-0.25, -0.2) is 0 Å². The van der Waals surface area contributed by atoms with E-state index in [1.54, 1.807) is 6.07 Å². The van der Waals surface area contributed by atoms with E-state index in [-0.39, 0.29) is 11.8 Å². The molecule has 1 heterocycles. The fourth-order valence-corrected chi connectivity index (χ4v) is 1.96. The predicted octanol–water partition coefficient (Wildman–Crippen LogP) is 1.07. The number of non-ortho nitro benzene ring substituents is 1. The van der Waals surface area contributed by atoms with Crippen molar-refractivity contribution in [2.24, 2.45) is 0 Å². The molecule has 1 aromatic carbocycles. The van der Waals surface area contributed by atoms with Crippen molar-refractivity contribution in [1.82, 2.24) is 5.32 Å². The lowest BCUT2D eigenvalue weighted by atomic mass is 10.2. The van der Waals surface area contributed by atoms with Crippen molar-refractivity contribution in [2.75, 3.05) is 13.1 Å². The summed E-state index contributed by atoms with van der Waals surface area (Å²) < 4.78 is 6.17. The number of nitrogens with one attached hydrogen (secondary N) is 1. The zero-order valence-electron chi connectivity index (χ0n) is 8.80. The number of aliphatic hydroxyl groups is 1. The highest BCUT2D eigenvalue weighted by Gasteiger charge is 2.27. The van der Waals surface area contributed by atoms with Gasteiger partial charge in [-0.15, -0.1) is 0 Å². The molecule has 1 aliphatic heterocycles. The normalized spacial score (nSPS) is 23.6. The van der Waals surface area contributed by atoms with Gasteiger partial charge in [-0.2, -0.15) is 0 Å². The first kappa shape index (κ1) is 12.3. The quantitative estimate of drug-likeness (QED) is 0.644. The van der Waals surface area contributed by atoms with Crippen LogP contribution in [0, 0.1) is 10.1 Å². The fraction of sp³-hybridized carbons (Fsp3) is 0.400. The van der Waals surface area contributed by atoms with Crippen molar-refractivity contribution < 1.29 is 14.8 Å². The number of benzene rings is 1. The molecule has 17 heavy (non-hydrogen) atoms. The molecule has 2 rings (SSSR count). The van der Waals surface area contributed by atoms with Crippen molar-refractivity contribution >= 4 is 21.6 Å². The van der Waals surface area contributed by atoms with E-state index >= 15 is 0 Å². The number of hydrogen-bond acceptors (Lipinski definition) is 5. The van der Waals surface area contributed by atoms with Crippen LogP contribution in [0.15, 0.2) is 22.7 Å². The zero-order chi connectivity index (χ0) is 12.4. The minimum atomic E-state index is -0.596. The summed E-state index contributed by atoms with van der Waals surface area (Å²) >= 11 is 3.26. The number of nitro groups is 1. The van der Waals surface area contributed by atoms with Gasteiger partial charge in [0.15, 0.2) is 0 Å². The molecule has 0 aromatic heterocycles. The molecule has 0 bridgehead atoms. The Morgan fingerprint density at radius 3 is 2.88 bits per heavy atom. The lowest BCUT2D eigenvalue weighted by molar-refractivity contribution is -0.385. The number of β-amino-alcohol motifs (C(OH)–C–C–N with tert-alkyl or cyclic N) is 1. The maximum Gasteiger partial charge on any atom is 0.273 e. The van der Waals surface area contributed by atoms with Crippen molar-refractivity contribution in [3.05, 3.63) is 32.8 Å². The van der Waals surface area contributed by atoms with Gasteiger partial charge in [0, 0.05) is 19.2 Å². The van der Waals surface area contributed by atoms with Gasteiger partial charge in [0.1, 0.15) is 18.0 Å². The molecule has 0 saturated carbocycles. The van der Waals surface area contributed by atoms with Gasteiger partial charge in [0.25, 0.3) is 5.69 Å². The molecule has 7 heteroatoms. The smallest absolute Gasteiger partial charge is 0.273 e. The Morgan fingerprint density at radius 1 is 1.53 bits per heavy atom. The highest BCUT2D eigenvalue weighted by Crippen LogP contribution is 2.30. The second-order valence-corrected chi connectivity index (χ2v) is 4.61. The predicted molar refractivity (Wildman–Crippen MR) is 64.1 cm³/mol. The standard InChI is InChI=1S/C10H11BrN2O4/c11-7-2-1-6(13(15)16)3-9(7)17-10-5-12-4-8(10)14/h1-3,8,10,12,14H,4-5H2. The van der Waals surface area contributed by atoms with Gasteiger partial charge in [-0.1, -0.05) is 0 Å². The molecule has 1 aliphatic rings. The average molecular weight is 303 g/mol. The van der Waals surface area contributed by atoms with E-state index in [2.05, 4.69) is 21.2 Å². The van der Waals surface area contributed by atoms with E-state index in [0.717, 1.165) is 0 Å². The fourth-order valence-electron chi connectivity index (χ4n) is 1.62. The summed E-state index contributed by atoms with van der Waals surface area (Å²) in [5.41, 5.74) is -0.0383. The Balaban J connectivity index is 2.19. The van der Waals surface area contributed by atoms with E-state index in [9.17, 15) is 15.2 Å². The summed E-state index contributed by atoms with van der Waals surface area (Å²) in [5.74, 6) is 0.368. The second kappa shape index (κ2) is 4.99. The van der Waals surface area contributed by atoms with Gasteiger partial charge >= 0.3 is 0 Å². The first-order valence-corrected chi connectivity index (χ1v) is 5.86. The Hall–Kier alpha value is -1.18. The third-order valence-corrected chi connectivity index (χ3v) is 3.19. The Bertz CT molecular complexity index is 440. The number of nitrogens with zero attached hydrogens (tertiary/aromatic N) is 1.